The van der Waals surface area contributed by atoms with Crippen LogP contribution in [0.2, 0.25) is 0 Å². The van der Waals surface area contributed by atoms with Crippen molar-refractivity contribution in [2.45, 2.75) is 6.42 Å². The van der Waals surface area contributed by atoms with Gasteiger partial charge in [0.25, 0.3) is 5.91 Å². The molecule has 1 aromatic heterocycles. The zero-order valence-electron chi connectivity index (χ0n) is 10.9. The monoisotopic (exact) mass is 274 g/mol. The Morgan fingerprint density at radius 1 is 1.30 bits per heavy atom. The van der Waals surface area contributed by atoms with E-state index in [2.05, 4.69) is 5.16 Å². The third-order valence-corrected chi connectivity index (χ3v) is 2.80. The Kier molecular flexibility index (Phi) is 4.14. The smallest absolute Gasteiger partial charge is 0.305 e. The number of carbonyl (C=O) groups is 2. The first-order chi connectivity index (χ1) is 9.58. The molecule has 0 aliphatic heterocycles. The predicted molar refractivity (Wildman–Crippen MR) is 71.2 cm³/mol. The van der Waals surface area contributed by atoms with E-state index >= 15 is 0 Å². The highest BCUT2D eigenvalue weighted by atomic mass is 16.5. The standard InChI is InChI=1S/C14H14N2O4/c1-16(8-7-13(17)18)14(19)11-9-12(20-15-11)10-5-3-2-4-6-10/h2-6,9H,7-8H2,1H3,(H,17,18). The van der Waals surface area contributed by atoms with Crippen LogP contribution in [0.4, 0.5) is 0 Å². The van der Waals surface area contributed by atoms with Gasteiger partial charge in [-0.2, -0.15) is 0 Å². The highest BCUT2D eigenvalue weighted by Crippen LogP contribution is 2.20. The van der Waals surface area contributed by atoms with E-state index in [9.17, 15) is 9.59 Å². The summed E-state index contributed by atoms with van der Waals surface area (Å²) in [6.07, 6.45) is -0.106. The van der Waals surface area contributed by atoms with E-state index in [0.29, 0.717) is 5.76 Å². The van der Waals surface area contributed by atoms with Gasteiger partial charge in [-0.1, -0.05) is 35.5 Å². The molecule has 0 spiro atoms. The van der Waals surface area contributed by atoms with Gasteiger partial charge in [-0.25, -0.2) is 0 Å². The summed E-state index contributed by atoms with van der Waals surface area (Å²) >= 11 is 0. The fraction of sp³-hybridized carbons (Fsp3) is 0.214. The van der Waals surface area contributed by atoms with Crippen LogP contribution in [-0.4, -0.2) is 40.6 Å². The Labute approximate surface area is 115 Å². The summed E-state index contributed by atoms with van der Waals surface area (Å²) in [4.78, 5) is 23.8. The van der Waals surface area contributed by atoms with Crippen LogP contribution < -0.4 is 0 Å². The Morgan fingerprint density at radius 3 is 2.65 bits per heavy atom. The van der Waals surface area contributed by atoms with Crippen LogP contribution >= 0.6 is 0 Å². The van der Waals surface area contributed by atoms with E-state index in [0.717, 1.165) is 5.56 Å². The van der Waals surface area contributed by atoms with Crippen LogP contribution in [0, 0.1) is 0 Å². The number of carboxylic acids is 1. The van der Waals surface area contributed by atoms with Crippen molar-refractivity contribution in [1.29, 1.82) is 0 Å². The van der Waals surface area contributed by atoms with Crippen LogP contribution in [-0.2, 0) is 4.79 Å². The van der Waals surface area contributed by atoms with Crippen molar-refractivity contribution in [2.24, 2.45) is 0 Å². The molecular formula is C14H14N2O4. The summed E-state index contributed by atoms with van der Waals surface area (Å²) in [5.74, 6) is -0.812. The highest BCUT2D eigenvalue weighted by molar-refractivity contribution is 5.93. The normalized spacial score (nSPS) is 10.2. The molecule has 1 amide bonds. The second kappa shape index (κ2) is 6.01. The maximum atomic E-state index is 12.0. The van der Waals surface area contributed by atoms with Gasteiger partial charge >= 0.3 is 5.97 Å². The van der Waals surface area contributed by atoms with Gasteiger partial charge in [0.2, 0.25) is 0 Å². The van der Waals surface area contributed by atoms with Gasteiger partial charge in [0.15, 0.2) is 11.5 Å². The summed E-state index contributed by atoms with van der Waals surface area (Å²) < 4.78 is 5.13. The Bertz CT molecular complexity index is 607. The maximum Gasteiger partial charge on any atom is 0.305 e. The molecule has 0 unspecified atom stereocenters. The van der Waals surface area contributed by atoms with Crippen molar-refractivity contribution in [1.82, 2.24) is 10.1 Å². The minimum Gasteiger partial charge on any atom is -0.481 e. The number of nitrogens with zero attached hydrogens (tertiary/aromatic N) is 2. The molecule has 0 radical (unpaired) electrons. The quantitative estimate of drug-likeness (QED) is 0.900. The zero-order valence-corrected chi connectivity index (χ0v) is 10.9. The highest BCUT2D eigenvalue weighted by Gasteiger charge is 2.18. The number of rotatable bonds is 5. The number of benzene rings is 1. The number of aromatic nitrogens is 1. The Hall–Kier alpha value is -2.63. The second-order valence-electron chi connectivity index (χ2n) is 4.31. The summed E-state index contributed by atoms with van der Waals surface area (Å²) in [6.45, 7) is 0.127. The van der Waals surface area contributed by atoms with Gasteiger partial charge in [0.1, 0.15) is 0 Å². The fourth-order valence-electron chi connectivity index (χ4n) is 1.67. The number of carboxylic acid groups (broad SMARTS) is 1. The lowest BCUT2D eigenvalue weighted by Crippen LogP contribution is -2.29. The number of hydrogen-bond acceptors (Lipinski definition) is 4. The zero-order chi connectivity index (χ0) is 14.5. The van der Waals surface area contributed by atoms with Crippen molar-refractivity contribution in [3.05, 3.63) is 42.1 Å². The molecular weight excluding hydrogens is 260 g/mol. The molecule has 1 N–H and O–H groups in total. The van der Waals surface area contributed by atoms with E-state index in [1.54, 1.807) is 6.07 Å². The lowest BCUT2D eigenvalue weighted by molar-refractivity contribution is -0.137. The molecule has 104 valence electrons. The van der Waals surface area contributed by atoms with E-state index < -0.39 is 5.97 Å². The molecule has 2 aromatic rings. The molecule has 6 heteroatoms. The van der Waals surface area contributed by atoms with E-state index in [1.165, 1.54) is 11.9 Å². The molecule has 0 atom stereocenters. The summed E-state index contributed by atoms with van der Waals surface area (Å²) in [5, 5.41) is 12.3. The van der Waals surface area contributed by atoms with Crippen LogP contribution in [0.15, 0.2) is 40.9 Å². The predicted octanol–water partition coefficient (Wildman–Crippen LogP) is 1.89. The molecule has 0 fully saturated rings. The average molecular weight is 274 g/mol. The lowest BCUT2D eigenvalue weighted by atomic mass is 10.1. The van der Waals surface area contributed by atoms with Crippen molar-refractivity contribution < 1.29 is 19.2 Å². The van der Waals surface area contributed by atoms with Gasteiger partial charge in [-0.05, 0) is 0 Å². The minimum absolute atomic E-state index is 0.106. The Balaban J connectivity index is 2.08. The molecule has 6 nitrogen and oxygen atoms in total. The summed E-state index contributed by atoms with van der Waals surface area (Å²) in [6, 6.07) is 10.9. The molecule has 0 aliphatic rings. The fourth-order valence-corrected chi connectivity index (χ4v) is 1.67. The number of hydrogen-bond donors (Lipinski definition) is 1. The summed E-state index contributed by atoms with van der Waals surface area (Å²) in [7, 11) is 1.53. The second-order valence-corrected chi connectivity index (χ2v) is 4.31. The molecule has 0 bridgehead atoms. The van der Waals surface area contributed by atoms with Gasteiger partial charge in [-0.15, -0.1) is 0 Å². The van der Waals surface area contributed by atoms with Crippen molar-refractivity contribution >= 4 is 11.9 Å². The molecule has 1 aromatic carbocycles. The largest absolute Gasteiger partial charge is 0.481 e. The molecule has 1 heterocycles. The average Bonchev–Trinajstić information content (AvgIpc) is 2.94. The number of amides is 1. The third kappa shape index (κ3) is 3.23. The maximum absolute atomic E-state index is 12.0. The minimum atomic E-state index is -0.949. The first-order valence-electron chi connectivity index (χ1n) is 6.07. The van der Waals surface area contributed by atoms with E-state index in [-0.39, 0.29) is 24.6 Å². The SMILES string of the molecule is CN(CCC(=O)O)C(=O)c1cc(-c2ccccc2)on1. The van der Waals surface area contributed by atoms with E-state index in [1.807, 2.05) is 30.3 Å². The van der Waals surface area contributed by atoms with Crippen LogP contribution in [0.25, 0.3) is 11.3 Å². The van der Waals surface area contributed by atoms with Gasteiger partial charge in [0, 0.05) is 25.2 Å². The first-order valence-corrected chi connectivity index (χ1v) is 6.07. The van der Waals surface area contributed by atoms with Gasteiger partial charge < -0.3 is 14.5 Å². The third-order valence-electron chi connectivity index (χ3n) is 2.80. The number of carbonyl (C=O) groups excluding carboxylic acids is 1. The van der Waals surface area contributed by atoms with Crippen molar-refractivity contribution in [3.63, 3.8) is 0 Å². The van der Waals surface area contributed by atoms with Crippen molar-refractivity contribution in [3.8, 4) is 11.3 Å². The molecule has 0 aliphatic carbocycles. The van der Waals surface area contributed by atoms with Crippen molar-refractivity contribution in [2.75, 3.05) is 13.6 Å². The van der Waals surface area contributed by atoms with Crippen LogP contribution in [0.3, 0.4) is 0 Å². The first kappa shape index (κ1) is 13.8. The Morgan fingerprint density at radius 2 is 2.00 bits per heavy atom. The summed E-state index contributed by atoms with van der Waals surface area (Å²) in [5.41, 5.74) is 0.990. The van der Waals surface area contributed by atoms with Gasteiger partial charge in [0.05, 0.1) is 6.42 Å². The molecule has 0 saturated heterocycles. The van der Waals surface area contributed by atoms with E-state index in [4.69, 9.17) is 9.63 Å². The molecule has 20 heavy (non-hydrogen) atoms. The van der Waals surface area contributed by atoms with Crippen LogP contribution in [0.1, 0.15) is 16.9 Å². The molecule has 0 saturated carbocycles. The van der Waals surface area contributed by atoms with Crippen LogP contribution in [0.5, 0.6) is 0 Å². The topological polar surface area (TPSA) is 83.6 Å². The number of aliphatic carboxylic acids is 1. The van der Waals surface area contributed by atoms with Gasteiger partial charge in [-0.3, -0.25) is 9.59 Å². The molecule has 2 rings (SSSR count). The lowest BCUT2D eigenvalue weighted by Gasteiger charge is -2.13.